The molecule has 1 aliphatic carbocycles. The highest BCUT2D eigenvalue weighted by Gasteiger charge is 2.21. The van der Waals surface area contributed by atoms with Gasteiger partial charge in [-0.3, -0.25) is 4.79 Å². The van der Waals surface area contributed by atoms with Crippen LogP contribution in [-0.2, 0) is 6.54 Å². The second kappa shape index (κ2) is 6.19. The molecule has 106 valence electrons. The van der Waals surface area contributed by atoms with Gasteiger partial charge in [0, 0.05) is 25.0 Å². The average molecular weight is 265 g/mol. The first-order valence-electron chi connectivity index (χ1n) is 7.04. The summed E-state index contributed by atoms with van der Waals surface area (Å²) in [5.74, 6) is 0.643. The van der Waals surface area contributed by atoms with Crippen molar-refractivity contribution in [1.82, 2.24) is 9.55 Å². The third-order valence-electron chi connectivity index (χ3n) is 3.44. The molecule has 2 N–H and O–H groups in total. The third kappa shape index (κ3) is 3.80. The summed E-state index contributed by atoms with van der Waals surface area (Å²) >= 11 is 0. The zero-order valence-electron chi connectivity index (χ0n) is 11.7. The van der Waals surface area contributed by atoms with Crippen molar-refractivity contribution >= 4 is 0 Å². The van der Waals surface area contributed by atoms with Crippen LogP contribution in [0.1, 0.15) is 39.5 Å². The van der Waals surface area contributed by atoms with Gasteiger partial charge in [0.1, 0.15) is 6.10 Å². The first-order valence-corrected chi connectivity index (χ1v) is 7.04. The highest BCUT2D eigenvalue weighted by molar-refractivity contribution is 5.05. The van der Waals surface area contributed by atoms with Gasteiger partial charge in [-0.05, 0) is 31.6 Å². The topological polar surface area (TPSA) is 70.1 Å². The lowest BCUT2D eigenvalue weighted by atomic mass is 9.94. The van der Waals surface area contributed by atoms with Gasteiger partial charge in [0.25, 0.3) is 5.88 Å². The Morgan fingerprint density at radius 1 is 1.42 bits per heavy atom. The Bertz CT molecular complexity index is 462. The quantitative estimate of drug-likeness (QED) is 0.896. The summed E-state index contributed by atoms with van der Waals surface area (Å²) in [5, 5.41) is 0. The van der Waals surface area contributed by atoms with Gasteiger partial charge < -0.3 is 15.0 Å². The molecule has 0 saturated heterocycles. The van der Waals surface area contributed by atoms with E-state index in [-0.39, 0.29) is 23.6 Å². The summed E-state index contributed by atoms with van der Waals surface area (Å²) in [6, 6.07) is 0.279. The Morgan fingerprint density at radius 3 is 2.74 bits per heavy atom. The van der Waals surface area contributed by atoms with E-state index in [2.05, 4.69) is 18.8 Å². The number of nitrogens with zero attached hydrogens (tertiary/aromatic N) is 2. The minimum atomic E-state index is -0.133. The predicted molar refractivity (Wildman–Crippen MR) is 74.2 cm³/mol. The molecule has 1 aromatic rings. The molecule has 2 rings (SSSR count). The van der Waals surface area contributed by atoms with Crippen LogP contribution in [0.25, 0.3) is 0 Å². The maximum Gasteiger partial charge on any atom is 0.313 e. The third-order valence-corrected chi connectivity index (χ3v) is 3.44. The van der Waals surface area contributed by atoms with E-state index in [1.807, 2.05) is 0 Å². The average Bonchev–Trinajstić information content (AvgIpc) is 2.36. The lowest BCUT2D eigenvalue weighted by Gasteiger charge is -2.26. The zero-order chi connectivity index (χ0) is 13.8. The van der Waals surface area contributed by atoms with E-state index >= 15 is 0 Å². The maximum atomic E-state index is 12.2. The van der Waals surface area contributed by atoms with Crippen LogP contribution in [0, 0.1) is 5.92 Å². The molecule has 19 heavy (non-hydrogen) atoms. The lowest BCUT2D eigenvalue weighted by molar-refractivity contribution is 0.138. The van der Waals surface area contributed by atoms with E-state index < -0.39 is 0 Å². The molecule has 1 heterocycles. The number of nitrogens with two attached hydrogens (primary N) is 1. The second-order valence-corrected chi connectivity index (χ2v) is 5.74. The van der Waals surface area contributed by atoms with Crippen molar-refractivity contribution in [2.24, 2.45) is 11.7 Å². The second-order valence-electron chi connectivity index (χ2n) is 5.74. The van der Waals surface area contributed by atoms with Gasteiger partial charge in [0.2, 0.25) is 0 Å². The summed E-state index contributed by atoms with van der Waals surface area (Å²) in [7, 11) is 0. The van der Waals surface area contributed by atoms with Crippen molar-refractivity contribution in [3.05, 3.63) is 22.7 Å². The van der Waals surface area contributed by atoms with Crippen LogP contribution in [0.5, 0.6) is 5.88 Å². The van der Waals surface area contributed by atoms with Gasteiger partial charge in [-0.15, -0.1) is 0 Å². The zero-order valence-corrected chi connectivity index (χ0v) is 11.7. The highest BCUT2D eigenvalue weighted by atomic mass is 16.5. The van der Waals surface area contributed by atoms with Crippen LogP contribution in [0.2, 0.25) is 0 Å². The van der Waals surface area contributed by atoms with Gasteiger partial charge in [-0.1, -0.05) is 13.8 Å². The molecule has 1 fully saturated rings. The molecule has 0 bridgehead atoms. The van der Waals surface area contributed by atoms with Crippen LogP contribution in [-0.4, -0.2) is 21.7 Å². The summed E-state index contributed by atoms with van der Waals surface area (Å²) in [5.41, 5.74) is 5.73. The van der Waals surface area contributed by atoms with Crippen molar-refractivity contribution in [3.8, 4) is 5.88 Å². The smallest absolute Gasteiger partial charge is 0.313 e. The molecule has 0 radical (unpaired) electrons. The molecular weight excluding hydrogens is 242 g/mol. The Morgan fingerprint density at radius 2 is 2.11 bits per heavy atom. The molecule has 0 spiro atoms. The fourth-order valence-electron chi connectivity index (χ4n) is 2.41. The first kappa shape index (κ1) is 14.1. The summed E-state index contributed by atoms with van der Waals surface area (Å²) in [6.45, 7) is 4.85. The number of rotatable bonds is 4. The molecular formula is C14H23N3O2. The van der Waals surface area contributed by atoms with Crippen LogP contribution in [0.15, 0.2) is 17.2 Å². The minimum absolute atomic E-state index is 0.0786. The fourth-order valence-corrected chi connectivity index (χ4v) is 2.41. The normalized spacial score (nSPS) is 23.6. The van der Waals surface area contributed by atoms with E-state index in [1.165, 1.54) is 0 Å². The first-order chi connectivity index (χ1) is 9.06. The Balaban J connectivity index is 2.06. The Labute approximate surface area is 113 Å². The Kier molecular flexibility index (Phi) is 4.58. The van der Waals surface area contributed by atoms with Gasteiger partial charge in [-0.2, -0.15) is 0 Å². The van der Waals surface area contributed by atoms with Crippen LogP contribution < -0.4 is 16.0 Å². The largest absolute Gasteiger partial charge is 0.470 e. The van der Waals surface area contributed by atoms with Crippen molar-refractivity contribution in [3.63, 3.8) is 0 Å². The number of ether oxygens (including phenoxy) is 1. The number of aromatic nitrogens is 2. The standard InChI is InChI=1S/C14H23N3O2/c1-10(2)9-17-8-7-16-13(14(17)18)19-12-5-3-11(15)4-6-12/h7-8,10-12H,3-6,9,15H2,1-2H3. The number of hydrogen-bond donors (Lipinski definition) is 1. The van der Waals surface area contributed by atoms with E-state index in [9.17, 15) is 4.79 Å². The highest BCUT2D eigenvalue weighted by Crippen LogP contribution is 2.20. The van der Waals surface area contributed by atoms with Gasteiger partial charge in [0.05, 0.1) is 0 Å². The SMILES string of the molecule is CC(C)Cn1ccnc(OC2CCC(N)CC2)c1=O. The van der Waals surface area contributed by atoms with Crippen molar-refractivity contribution < 1.29 is 4.74 Å². The lowest BCUT2D eigenvalue weighted by Crippen LogP contribution is -2.34. The summed E-state index contributed by atoms with van der Waals surface area (Å²) in [6.07, 6.45) is 7.15. The predicted octanol–water partition coefficient (Wildman–Crippen LogP) is 1.55. The Hall–Kier alpha value is -1.36. The minimum Gasteiger partial charge on any atom is -0.470 e. The van der Waals surface area contributed by atoms with Crippen molar-refractivity contribution in [2.75, 3.05) is 0 Å². The summed E-state index contributed by atoms with van der Waals surface area (Å²) < 4.78 is 7.42. The van der Waals surface area contributed by atoms with E-state index in [0.29, 0.717) is 12.5 Å². The molecule has 1 saturated carbocycles. The van der Waals surface area contributed by atoms with Gasteiger partial charge >= 0.3 is 5.56 Å². The fraction of sp³-hybridized carbons (Fsp3) is 0.714. The van der Waals surface area contributed by atoms with Crippen LogP contribution in [0.4, 0.5) is 0 Å². The van der Waals surface area contributed by atoms with Crippen LogP contribution in [0.3, 0.4) is 0 Å². The molecule has 0 amide bonds. The van der Waals surface area contributed by atoms with Crippen LogP contribution >= 0.6 is 0 Å². The van der Waals surface area contributed by atoms with Gasteiger partial charge in [0.15, 0.2) is 0 Å². The molecule has 1 aliphatic rings. The monoisotopic (exact) mass is 265 g/mol. The maximum absolute atomic E-state index is 12.2. The van der Waals surface area contributed by atoms with E-state index in [1.54, 1.807) is 17.0 Å². The molecule has 0 unspecified atom stereocenters. The van der Waals surface area contributed by atoms with E-state index in [4.69, 9.17) is 10.5 Å². The summed E-state index contributed by atoms with van der Waals surface area (Å²) in [4.78, 5) is 16.3. The van der Waals surface area contributed by atoms with Crippen molar-refractivity contribution in [2.45, 2.75) is 58.2 Å². The van der Waals surface area contributed by atoms with Gasteiger partial charge in [-0.25, -0.2) is 4.98 Å². The number of hydrogen-bond acceptors (Lipinski definition) is 4. The molecule has 5 nitrogen and oxygen atoms in total. The van der Waals surface area contributed by atoms with E-state index in [0.717, 1.165) is 25.7 Å². The molecule has 0 aliphatic heterocycles. The molecule has 0 atom stereocenters. The molecule has 1 aromatic heterocycles. The molecule has 5 heteroatoms. The van der Waals surface area contributed by atoms with Crippen molar-refractivity contribution in [1.29, 1.82) is 0 Å². The molecule has 0 aromatic carbocycles.